The molecule has 0 bridgehead atoms. The summed E-state index contributed by atoms with van der Waals surface area (Å²) >= 11 is 0. The van der Waals surface area contributed by atoms with Crippen molar-refractivity contribution in [3.05, 3.63) is 77.9 Å². The number of fused-ring (bicyclic) bond motifs is 1. The van der Waals surface area contributed by atoms with Gasteiger partial charge in [-0.25, -0.2) is 5.43 Å². The van der Waals surface area contributed by atoms with E-state index in [9.17, 15) is 9.59 Å². The van der Waals surface area contributed by atoms with Crippen LogP contribution in [-0.4, -0.2) is 18.0 Å². The Kier molecular flexibility index (Phi) is 5.94. The minimum Gasteiger partial charge on any atom is -0.326 e. The fraction of sp³-hybridized carbons (Fsp3) is 0.136. The number of hydrazone groups is 1. The fourth-order valence-corrected chi connectivity index (χ4v) is 2.66. The lowest BCUT2D eigenvalue weighted by molar-refractivity contribution is -0.124. The van der Waals surface area contributed by atoms with Gasteiger partial charge in [-0.1, -0.05) is 66.2 Å². The lowest BCUT2D eigenvalue weighted by atomic mass is 10.1. The van der Waals surface area contributed by atoms with E-state index in [-0.39, 0.29) is 24.7 Å². The number of nitrogens with one attached hydrogen (secondary N) is 2. The molecule has 5 nitrogen and oxygen atoms in total. The Morgan fingerprint density at radius 3 is 2.41 bits per heavy atom. The second-order valence-corrected chi connectivity index (χ2v) is 6.28. The number of carbonyl (C=O) groups excluding carboxylic acids is 2. The molecule has 2 N–H and O–H groups in total. The number of rotatable bonds is 6. The van der Waals surface area contributed by atoms with Crippen LogP contribution in [0.1, 0.15) is 24.0 Å². The van der Waals surface area contributed by atoms with Crippen LogP contribution in [0.2, 0.25) is 0 Å². The van der Waals surface area contributed by atoms with Crippen molar-refractivity contribution in [1.82, 2.24) is 5.43 Å². The molecule has 3 aromatic rings. The Balaban J connectivity index is 1.48. The van der Waals surface area contributed by atoms with Crippen LogP contribution in [0.4, 0.5) is 5.69 Å². The molecule has 3 rings (SSSR count). The van der Waals surface area contributed by atoms with Crippen LogP contribution in [-0.2, 0) is 9.59 Å². The van der Waals surface area contributed by atoms with Crippen molar-refractivity contribution < 1.29 is 9.59 Å². The minimum atomic E-state index is -0.300. The summed E-state index contributed by atoms with van der Waals surface area (Å²) in [7, 11) is 0. The van der Waals surface area contributed by atoms with Gasteiger partial charge in [0.15, 0.2) is 0 Å². The first-order valence-electron chi connectivity index (χ1n) is 8.78. The van der Waals surface area contributed by atoms with Crippen molar-refractivity contribution in [2.45, 2.75) is 19.8 Å². The first-order valence-corrected chi connectivity index (χ1v) is 8.78. The van der Waals surface area contributed by atoms with E-state index in [1.165, 1.54) is 0 Å². The highest BCUT2D eigenvalue weighted by Crippen LogP contribution is 2.23. The minimum absolute atomic E-state index is 0.0713. The number of benzene rings is 3. The molecule has 0 spiro atoms. The summed E-state index contributed by atoms with van der Waals surface area (Å²) < 4.78 is 0. The quantitative estimate of drug-likeness (QED) is 0.515. The van der Waals surface area contributed by atoms with E-state index in [0.29, 0.717) is 0 Å². The Hall–Kier alpha value is -3.47. The third-order valence-electron chi connectivity index (χ3n) is 4.12. The Bertz CT molecular complexity index is 973. The highest BCUT2D eigenvalue weighted by Gasteiger charge is 2.08. The summed E-state index contributed by atoms with van der Waals surface area (Å²) in [6, 6.07) is 21.3. The van der Waals surface area contributed by atoms with Crippen molar-refractivity contribution >= 4 is 34.5 Å². The molecule has 136 valence electrons. The van der Waals surface area contributed by atoms with Crippen LogP contribution < -0.4 is 10.7 Å². The Labute approximate surface area is 158 Å². The van der Waals surface area contributed by atoms with E-state index < -0.39 is 0 Å². The molecule has 0 atom stereocenters. The number of anilines is 1. The normalized spacial score (nSPS) is 10.9. The standard InChI is InChI=1S/C22H21N3O2/c1-16-9-11-17(12-10-16)15-23-25-22(27)14-13-21(26)24-20-8-4-6-18-5-2-3-7-19(18)20/h2-12,15H,13-14H2,1H3,(H,24,26)(H,25,27)/b23-15-. The molecule has 27 heavy (non-hydrogen) atoms. The maximum absolute atomic E-state index is 12.2. The summed E-state index contributed by atoms with van der Waals surface area (Å²) in [4.78, 5) is 24.0. The molecule has 0 aliphatic carbocycles. The smallest absolute Gasteiger partial charge is 0.240 e. The van der Waals surface area contributed by atoms with E-state index >= 15 is 0 Å². The second kappa shape index (κ2) is 8.76. The van der Waals surface area contributed by atoms with Crippen molar-refractivity contribution in [1.29, 1.82) is 0 Å². The van der Waals surface area contributed by atoms with E-state index in [0.717, 1.165) is 27.6 Å². The fourth-order valence-electron chi connectivity index (χ4n) is 2.66. The predicted molar refractivity (Wildman–Crippen MR) is 109 cm³/mol. The summed E-state index contributed by atoms with van der Waals surface area (Å²) in [6.45, 7) is 2.01. The van der Waals surface area contributed by atoms with Gasteiger partial charge in [0.05, 0.1) is 6.21 Å². The van der Waals surface area contributed by atoms with Crippen LogP contribution >= 0.6 is 0 Å². The Morgan fingerprint density at radius 1 is 0.889 bits per heavy atom. The number of hydrogen-bond donors (Lipinski definition) is 2. The predicted octanol–water partition coefficient (Wildman–Crippen LogP) is 4.02. The van der Waals surface area contributed by atoms with Gasteiger partial charge in [-0.3, -0.25) is 9.59 Å². The van der Waals surface area contributed by atoms with Crippen molar-refractivity contribution in [3.8, 4) is 0 Å². The summed E-state index contributed by atoms with van der Waals surface area (Å²) in [5.74, 6) is -0.504. The van der Waals surface area contributed by atoms with Gasteiger partial charge in [0.25, 0.3) is 0 Å². The zero-order valence-electron chi connectivity index (χ0n) is 15.1. The van der Waals surface area contributed by atoms with Gasteiger partial charge in [-0.05, 0) is 23.9 Å². The first kappa shape index (κ1) is 18.3. The zero-order valence-corrected chi connectivity index (χ0v) is 15.1. The van der Waals surface area contributed by atoms with E-state index in [4.69, 9.17) is 0 Å². The maximum Gasteiger partial charge on any atom is 0.240 e. The molecule has 2 amide bonds. The van der Waals surface area contributed by atoms with Gasteiger partial charge < -0.3 is 5.32 Å². The van der Waals surface area contributed by atoms with E-state index in [1.807, 2.05) is 73.7 Å². The van der Waals surface area contributed by atoms with Crippen molar-refractivity contribution in [3.63, 3.8) is 0 Å². The molecule has 3 aromatic carbocycles. The molecule has 0 aliphatic rings. The summed E-state index contributed by atoms with van der Waals surface area (Å²) in [5, 5.41) is 8.81. The number of nitrogens with zero attached hydrogens (tertiary/aromatic N) is 1. The lowest BCUT2D eigenvalue weighted by Gasteiger charge is -2.08. The SMILES string of the molecule is Cc1ccc(/C=N\NC(=O)CCC(=O)Nc2cccc3ccccc23)cc1. The summed E-state index contributed by atoms with van der Waals surface area (Å²) in [6.07, 6.45) is 1.74. The average molecular weight is 359 g/mol. The third-order valence-corrected chi connectivity index (χ3v) is 4.12. The van der Waals surface area contributed by atoms with E-state index in [2.05, 4.69) is 15.8 Å². The number of carbonyl (C=O) groups is 2. The molecule has 5 heteroatoms. The summed E-state index contributed by atoms with van der Waals surface area (Å²) in [5.41, 5.74) is 5.25. The van der Waals surface area contributed by atoms with E-state index in [1.54, 1.807) is 6.21 Å². The maximum atomic E-state index is 12.2. The topological polar surface area (TPSA) is 70.6 Å². The number of aryl methyl sites for hydroxylation is 1. The molecular weight excluding hydrogens is 338 g/mol. The lowest BCUT2D eigenvalue weighted by Crippen LogP contribution is -2.20. The first-order chi connectivity index (χ1) is 13.1. The molecule has 0 heterocycles. The molecular formula is C22H21N3O2. The highest BCUT2D eigenvalue weighted by atomic mass is 16.2. The molecule has 0 aliphatic heterocycles. The zero-order chi connectivity index (χ0) is 19.1. The largest absolute Gasteiger partial charge is 0.326 e. The number of hydrogen-bond acceptors (Lipinski definition) is 3. The monoisotopic (exact) mass is 359 g/mol. The molecule has 0 radical (unpaired) electrons. The van der Waals surface area contributed by atoms with Gasteiger partial charge >= 0.3 is 0 Å². The molecule has 0 saturated heterocycles. The molecule has 0 unspecified atom stereocenters. The van der Waals surface area contributed by atoms with Gasteiger partial charge in [0.1, 0.15) is 0 Å². The van der Waals surface area contributed by atoms with Gasteiger partial charge in [-0.2, -0.15) is 5.10 Å². The van der Waals surface area contributed by atoms with Crippen LogP contribution in [0.3, 0.4) is 0 Å². The number of amides is 2. The molecule has 0 fully saturated rings. The van der Waals surface area contributed by atoms with Crippen LogP contribution in [0, 0.1) is 6.92 Å². The van der Waals surface area contributed by atoms with Crippen LogP contribution in [0.15, 0.2) is 71.8 Å². The molecule has 0 aromatic heterocycles. The van der Waals surface area contributed by atoms with Gasteiger partial charge in [-0.15, -0.1) is 0 Å². The van der Waals surface area contributed by atoms with Crippen molar-refractivity contribution in [2.24, 2.45) is 5.10 Å². The van der Waals surface area contributed by atoms with Crippen molar-refractivity contribution in [2.75, 3.05) is 5.32 Å². The highest BCUT2D eigenvalue weighted by molar-refractivity contribution is 6.02. The van der Waals surface area contributed by atoms with Crippen LogP contribution in [0.25, 0.3) is 10.8 Å². The van der Waals surface area contributed by atoms with Gasteiger partial charge in [0, 0.05) is 23.9 Å². The van der Waals surface area contributed by atoms with Gasteiger partial charge in [0.2, 0.25) is 11.8 Å². The van der Waals surface area contributed by atoms with Crippen LogP contribution in [0.5, 0.6) is 0 Å². The average Bonchev–Trinajstić information content (AvgIpc) is 2.68. The third kappa shape index (κ3) is 5.25. The second-order valence-electron chi connectivity index (χ2n) is 6.28. The molecule has 0 saturated carbocycles. The Morgan fingerprint density at radius 2 is 1.59 bits per heavy atom.